The molecule has 3 nitrogen and oxygen atoms in total. The third-order valence-corrected chi connectivity index (χ3v) is 4.43. The summed E-state index contributed by atoms with van der Waals surface area (Å²) in [5.74, 6) is 0.888. The van der Waals surface area contributed by atoms with Crippen molar-refractivity contribution < 1.29 is 0 Å². The highest BCUT2D eigenvalue weighted by atomic mass is 15.3. The first kappa shape index (κ1) is 13.6. The molecule has 0 spiro atoms. The first-order valence-corrected chi connectivity index (χ1v) is 7.27. The van der Waals surface area contributed by atoms with Crippen molar-refractivity contribution in [1.29, 1.82) is 0 Å². The standard InChI is InChI=1S/C15H27N3/c1-5-12(2)18-9-8-14(17-18)10-15(3,11-16-4)13-6-7-13/h8-9,12-13,16H,5-7,10-11H2,1-4H3. The van der Waals surface area contributed by atoms with Gasteiger partial charge in [-0.1, -0.05) is 13.8 Å². The van der Waals surface area contributed by atoms with Gasteiger partial charge >= 0.3 is 0 Å². The summed E-state index contributed by atoms with van der Waals surface area (Å²) in [6, 6.07) is 2.71. The minimum atomic E-state index is 0.378. The molecule has 1 aromatic heterocycles. The fraction of sp³-hybridized carbons (Fsp3) is 0.800. The number of nitrogens with one attached hydrogen (secondary N) is 1. The molecule has 2 atom stereocenters. The average Bonchev–Trinajstić information content (AvgIpc) is 3.11. The van der Waals surface area contributed by atoms with Crippen LogP contribution in [0.2, 0.25) is 0 Å². The van der Waals surface area contributed by atoms with E-state index in [1.54, 1.807) is 0 Å². The van der Waals surface area contributed by atoms with Crippen molar-refractivity contribution in [2.45, 2.75) is 52.5 Å². The van der Waals surface area contributed by atoms with Crippen LogP contribution in [0, 0.1) is 11.3 Å². The van der Waals surface area contributed by atoms with E-state index in [4.69, 9.17) is 5.10 Å². The Hall–Kier alpha value is -0.830. The molecular formula is C15H27N3. The van der Waals surface area contributed by atoms with Gasteiger partial charge in [0.05, 0.1) is 5.69 Å². The first-order valence-electron chi connectivity index (χ1n) is 7.27. The fourth-order valence-electron chi connectivity index (χ4n) is 2.85. The normalized spacial score (nSPS) is 20.7. The Morgan fingerprint density at radius 3 is 2.83 bits per heavy atom. The number of hydrogen-bond donors (Lipinski definition) is 1. The molecule has 1 aliphatic carbocycles. The molecule has 1 aromatic rings. The molecule has 0 radical (unpaired) electrons. The number of rotatable bonds is 7. The Morgan fingerprint density at radius 2 is 2.28 bits per heavy atom. The summed E-state index contributed by atoms with van der Waals surface area (Å²) in [5.41, 5.74) is 1.63. The molecule has 1 aliphatic rings. The third kappa shape index (κ3) is 2.94. The molecule has 0 saturated heterocycles. The molecule has 102 valence electrons. The van der Waals surface area contributed by atoms with Crippen molar-refractivity contribution >= 4 is 0 Å². The van der Waals surface area contributed by atoms with E-state index in [1.165, 1.54) is 18.5 Å². The van der Waals surface area contributed by atoms with Crippen LogP contribution in [0.3, 0.4) is 0 Å². The Bertz CT molecular complexity index is 381. The highest BCUT2D eigenvalue weighted by molar-refractivity contribution is 5.07. The van der Waals surface area contributed by atoms with Crippen molar-refractivity contribution in [3.63, 3.8) is 0 Å². The molecule has 1 N–H and O–H groups in total. The Kier molecular flexibility index (Phi) is 4.10. The van der Waals surface area contributed by atoms with E-state index in [0.29, 0.717) is 11.5 Å². The van der Waals surface area contributed by atoms with Gasteiger partial charge in [-0.3, -0.25) is 4.68 Å². The van der Waals surface area contributed by atoms with Crippen LogP contribution in [0.1, 0.15) is 51.8 Å². The van der Waals surface area contributed by atoms with Gasteiger partial charge in [-0.15, -0.1) is 0 Å². The van der Waals surface area contributed by atoms with E-state index in [2.05, 4.69) is 50.1 Å². The van der Waals surface area contributed by atoms with Crippen molar-refractivity contribution in [3.8, 4) is 0 Å². The Labute approximate surface area is 111 Å². The summed E-state index contributed by atoms with van der Waals surface area (Å²) in [7, 11) is 2.05. The first-order chi connectivity index (χ1) is 8.59. The third-order valence-electron chi connectivity index (χ3n) is 4.43. The predicted molar refractivity (Wildman–Crippen MR) is 75.7 cm³/mol. The van der Waals surface area contributed by atoms with Crippen LogP contribution in [0.15, 0.2) is 12.3 Å². The van der Waals surface area contributed by atoms with Crippen LogP contribution in [-0.2, 0) is 6.42 Å². The van der Waals surface area contributed by atoms with Gasteiger partial charge < -0.3 is 5.32 Å². The number of aromatic nitrogens is 2. The Balaban J connectivity index is 2.05. The second kappa shape index (κ2) is 5.43. The zero-order valence-corrected chi connectivity index (χ0v) is 12.2. The highest BCUT2D eigenvalue weighted by Gasteiger charge is 2.41. The minimum absolute atomic E-state index is 0.378. The lowest BCUT2D eigenvalue weighted by atomic mass is 9.80. The highest BCUT2D eigenvalue weighted by Crippen LogP contribution is 2.46. The second-order valence-electron chi connectivity index (χ2n) is 6.18. The summed E-state index contributed by atoms with van der Waals surface area (Å²) in [4.78, 5) is 0. The quantitative estimate of drug-likeness (QED) is 0.805. The maximum atomic E-state index is 4.75. The van der Waals surface area contributed by atoms with Crippen LogP contribution >= 0.6 is 0 Å². The molecule has 0 aromatic carbocycles. The van der Waals surface area contributed by atoms with Gasteiger partial charge in [0, 0.05) is 18.8 Å². The lowest BCUT2D eigenvalue weighted by Crippen LogP contribution is -2.34. The largest absolute Gasteiger partial charge is 0.319 e. The van der Waals surface area contributed by atoms with Gasteiger partial charge in [-0.2, -0.15) is 5.10 Å². The van der Waals surface area contributed by atoms with Crippen LogP contribution < -0.4 is 5.32 Å². The molecule has 0 bridgehead atoms. The van der Waals surface area contributed by atoms with E-state index >= 15 is 0 Å². The van der Waals surface area contributed by atoms with Gasteiger partial charge in [0.2, 0.25) is 0 Å². The Morgan fingerprint density at radius 1 is 1.56 bits per heavy atom. The summed E-state index contributed by atoms with van der Waals surface area (Å²) < 4.78 is 2.11. The molecule has 0 amide bonds. The summed E-state index contributed by atoms with van der Waals surface area (Å²) in [6.07, 6.45) is 7.16. The zero-order valence-electron chi connectivity index (χ0n) is 12.2. The molecule has 2 unspecified atom stereocenters. The maximum absolute atomic E-state index is 4.75. The van der Waals surface area contributed by atoms with Gasteiger partial charge in [0.1, 0.15) is 0 Å². The van der Waals surface area contributed by atoms with Crippen LogP contribution in [0.4, 0.5) is 0 Å². The number of hydrogen-bond acceptors (Lipinski definition) is 2. The second-order valence-corrected chi connectivity index (χ2v) is 6.18. The van der Waals surface area contributed by atoms with Crippen molar-refractivity contribution in [3.05, 3.63) is 18.0 Å². The van der Waals surface area contributed by atoms with Crippen LogP contribution in [-0.4, -0.2) is 23.4 Å². The van der Waals surface area contributed by atoms with Gasteiger partial charge in [-0.05, 0) is 57.1 Å². The molecule has 3 heteroatoms. The maximum Gasteiger partial charge on any atom is 0.0630 e. The van der Waals surface area contributed by atoms with E-state index in [9.17, 15) is 0 Å². The van der Waals surface area contributed by atoms with E-state index in [1.807, 2.05) is 0 Å². The molecule has 1 fully saturated rings. The lowest BCUT2D eigenvalue weighted by Gasteiger charge is -2.28. The molecule has 0 aliphatic heterocycles. The van der Waals surface area contributed by atoms with Crippen molar-refractivity contribution in [2.24, 2.45) is 11.3 Å². The van der Waals surface area contributed by atoms with E-state index in [-0.39, 0.29) is 0 Å². The van der Waals surface area contributed by atoms with Gasteiger partial charge in [0.15, 0.2) is 0 Å². The molecule has 1 saturated carbocycles. The predicted octanol–water partition coefficient (Wildman–Crippen LogP) is 3.03. The van der Waals surface area contributed by atoms with Crippen LogP contribution in [0.25, 0.3) is 0 Å². The fourth-order valence-corrected chi connectivity index (χ4v) is 2.85. The van der Waals surface area contributed by atoms with Crippen molar-refractivity contribution in [2.75, 3.05) is 13.6 Å². The molecule has 18 heavy (non-hydrogen) atoms. The monoisotopic (exact) mass is 249 g/mol. The van der Waals surface area contributed by atoms with E-state index in [0.717, 1.165) is 25.3 Å². The van der Waals surface area contributed by atoms with Crippen molar-refractivity contribution in [1.82, 2.24) is 15.1 Å². The summed E-state index contributed by atoms with van der Waals surface area (Å²) in [6.45, 7) is 7.93. The van der Waals surface area contributed by atoms with Crippen LogP contribution in [0.5, 0.6) is 0 Å². The zero-order chi connectivity index (χ0) is 13.2. The SMILES string of the molecule is CCC(C)n1ccc(CC(C)(CNC)C2CC2)n1. The minimum Gasteiger partial charge on any atom is -0.319 e. The lowest BCUT2D eigenvalue weighted by molar-refractivity contribution is 0.259. The smallest absolute Gasteiger partial charge is 0.0630 e. The number of nitrogens with zero attached hydrogens (tertiary/aromatic N) is 2. The molecule has 2 rings (SSSR count). The van der Waals surface area contributed by atoms with Gasteiger partial charge in [-0.25, -0.2) is 0 Å². The van der Waals surface area contributed by atoms with E-state index < -0.39 is 0 Å². The molecule has 1 heterocycles. The average molecular weight is 249 g/mol. The summed E-state index contributed by atoms with van der Waals surface area (Å²) in [5, 5.41) is 8.10. The topological polar surface area (TPSA) is 29.9 Å². The molecular weight excluding hydrogens is 222 g/mol. The summed E-state index contributed by atoms with van der Waals surface area (Å²) >= 11 is 0. The van der Waals surface area contributed by atoms with Gasteiger partial charge in [0.25, 0.3) is 0 Å².